The quantitative estimate of drug-likeness (QED) is 0.637. The molecule has 0 aromatic carbocycles. The average Bonchev–Trinajstić information content (AvgIpc) is 2.59. The van der Waals surface area contributed by atoms with E-state index in [9.17, 15) is 4.79 Å². The second-order valence-electron chi connectivity index (χ2n) is 3.48. The molecule has 0 unspecified atom stereocenters. The third-order valence-corrected chi connectivity index (χ3v) is 2.61. The molecule has 0 saturated carbocycles. The van der Waals surface area contributed by atoms with Gasteiger partial charge in [0.25, 0.3) is 0 Å². The zero-order chi connectivity index (χ0) is 10.1. The van der Waals surface area contributed by atoms with Crippen LogP contribution < -0.4 is 5.32 Å². The maximum Gasteiger partial charge on any atom is 0.317 e. The van der Waals surface area contributed by atoms with Crippen LogP contribution in [0.25, 0.3) is 0 Å². The van der Waals surface area contributed by atoms with Gasteiger partial charge in [-0.3, -0.25) is 0 Å². The number of nitrogens with one attached hydrogen (secondary N) is 1. The summed E-state index contributed by atoms with van der Waals surface area (Å²) in [7, 11) is 3.61. The molecule has 1 N–H and O–H groups in total. The van der Waals surface area contributed by atoms with E-state index in [2.05, 4.69) is 10.3 Å². The first kappa shape index (κ1) is 9.05. The molecule has 1 aromatic rings. The Balaban J connectivity index is 2.20. The Morgan fingerprint density at radius 3 is 3.14 bits per heavy atom. The lowest BCUT2D eigenvalue weighted by molar-refractivity contribution is 0.193. The second-order valence-corrected chi connectivity index (χ2v) is 3.48. The van der Waals surface area contributed by atoms with Gasteiger partial charge in [0.15, 0.2) is 0 Å². The molecule has 2 rings (SSSR count). The van der Waals surface area contributed by atoms with Crippen molar-refractivity contribution >= 4 is 6.03 Å². The topological polar surface area (TPSA) is 50.2 Å². The Bertz CT molecular complexity index is 358. The molecular formula is C9H14N4O. The van der Waals surface area contributed by atoms with Crippen LogP contribution in [-0.2, 0) is 20.0 Å². The fourth-order valence-corrected chi connectivity index (χ4v) is 1.75. The Morgan fingerprint density at radius 2 is 2.43 bits per heavy atom. The molecule has 2 amide bonds. The predicted octanol–water partition coefficient (Wildman–Crippen LogP) is 0.118. The number of urea groups is 1. The lowest BCUT2D eigenvalue weighted by Crippen LogP contribution is -2.41. The zero-order valence-corrected chi connectivity index (χ0v) is 8.45. The minimum Gasteiger partial charge on any atom is -0.341 e. The van der Waals surface area contributed by atoms with E-state index in [4.69, 9.17) is 0 Å². The molecule has 5 nitrogen and oxygen atoms in total. The number of nitrogens with zero attached hydrogens (tertiary/aromatic N) is 3. The molecule has 0 fully saturated rings. The maximum absolute atomic E-state index is 11.4. The SMILES string of the molecule is CNC(=O)N1CCc2ncn(C)c2C1. The zero-order valence-electron chi connectivity index (χ0n) is 8.45. The molecule has 0 spiro atoms. The van der Waals surface area contributed by atoms with Gasteiger partial charge in [-0.25, -0.2) is 9.78 Å². The Labute approximate surface area is 82.7 Å². The molecular weight excluding hydrogens is 180 g/mol. The molecule has 0 atom stereocenters. The highest BCUT2D eigenvalue weighted by molar-refractivity contribution is 5.74. The van der Waals surface area contributed by atoms with E-state index in [-0.39, 0.29) is 6.03 Å². The van der Waals surface area contributed by atoms with Crippen LogP contribution in [0.5, 0.6) is 0 Å². The number of aryl methyl sites for hydroxylation is 1. The van der Waals surface area contributed by atoms with E-state index in [1.807, 2.05) is 11.6 Å². The summed E-state index contributed by atoms with van der Waals surface area (Å²) in [6, 6.07) is -0.0168. The van der Waals surface area contributed by atoms with Gasteiger partial charge in [0.2, 0.25) is 0 Å². The van der Waals surface area contributed by atoms with Crippen LogP contribution in [0.2, 0.25) is 0 Å². The predicted molar refractivity (Wildman–Crippen MR) is 51.8 cm³/mol. The van der Waals surface area contributed by atoms with Crippen molar-refractivity contribution in [3.05, 3.63) is 17.7 Å². The minimum absolute atomic E-state index is 0.0168. The molecule has 1 aliphatic heterocycles. The van der Waals surface area contributed by atoms with Gasteiger partial charge >= 0.3 is 6.03 Å². The largest absolute Gasteiger partial charge is 0.341 e. The monoisotopic (exact) mass is 194 g/mol. The Kier molecular flexibility index (Phi) is 2.15. The van der Waals surface area contributed by atoms with Gasteiger partial charge < -0.3 is 14.8 Å². The summed E-state index contributed by atoms with van der Waals surface area (Å²) in [4.78, 5) is 17.5. The molecule has 14 heavy (non-hydrogen) atoms. The standard InChI is InChI=1S/C9H14N4O/c1-10-9(14)13-4-3-7-8(5-13)12(2)6-11-7/h6H,3-5H2,1-2H3,(H,10,14). The molecule has 1 aromatic heterocycles. The summed E-state index contributed by atoms with van der Waals surface area (Å²) >= 11 is 0. The smallest absolute Gasteiger partial charge is 0.317 e. The van der Waals surface area contributed by atoms with Gasteiger partial charge in [0.05, 0.1) is 24.3 Å². The number of hydrogen-bond donors (Lipinski definition) is 1. The summed E-state index contributed by atoms with van der Waals surface area (Å²) in [6.07, 6.45) is 2.65. The van der Waals surface area contributed by atoms with Crippen molar-refractivity contribution in [1.82, 2.24) is 19.8 Å². The van der Waals surface area contributed by atoms with E-state index in [0.29, 0.717) is 6.54 Å². The van der Waals surface area contributed by atoms with Crippen LogP contribution in [0.15, 0.2) is 6.33 Å². The van der Waals surface area contributed by atoms with Crippen molar-refractivity contribution in [2.24, 2.45) is 7.05 Å². The molecule has 2 heterocycles. The molecule has 0 aliphatic carbocycles. The maximum atomic E-state index is 11.4. The van der Waals surface area contributed by atoms with Crippen molar-refractivity contribution in [3.8, 4) is 0 Å². The first-order chi connectivity index (χ1) is 6.72. The molecule has 0 radical (unpaired) electrons. The van der Waals surface area contributed by atoms with Crippen LogP contribution >= 0.6 is 0 Å². The van der Waals surface area contributed by atoms with Gasteiger partial charge in [-0.2, -0.15) is 0 Å². The number of amides is 2. The second kappa shape index (κ2) is 3.32. The number of carbonyl (C=O) groups excluding carboxylic acids is 1. The number of imidazole rings is 1. The number of aromatic nitrogens is 2. The summed E-state index contributed by atoms with van der Waals surface area (Å²) in [5, 5.41) is 2.63. The van der Waals surface area contributed by atoms with Crippen molar-refractivity contribution in [3.63, 3.8) is 0 Å². The summed E-state index contributed by atoms with van der Waals surface area (Å²) in [5.41, 5.74) is 2.26. The van der Waals surface area contributed by atoms with E-state index < -0.39 is 0 Å². The first-order valence-electron chi connectivity index (χ1n) is 4.68. The lowest BCUT2D eigenvalue weighted by Gasteiger charge is -2.26. The third kappa shape index (κ3) is 1.34. The Morgan fingerprint density at radius 1 is 1.64 bits per heavy atom. The van der Waals surface area contributed by atoms with Gasteiger partial charge in [-0.1, -0.05) is 0 Å². The van der Waals surface area contributed by atoms with Gasteiger partial charge in [-0.05, 0) is 0 Å². The summed E-state index contributed by atoms with van der Waals surface area (Å²) in [6.45, 7) is 1.41. The van der Waals surface area contributed by atoms with E-state index >= 15 is 0 Å². The van der Waals surface area contributed by atoms with Gasteiger partial charge in [0.1, 0.15) is 0 Å². The summed E-state index contributed by atoms with van der Waals surface area (Å²) < 4.78 is 1.98. The molecule has 0 bridgehead atoms. The third-order valence-electron chi connectivity index (χ3n) is 2.61. The van der Waals surface area contributed by atoms with Crippen LogP contribution in [0, 0.1) is 0 Å². The highest BCUT2D eigenvalue weighted by Crippen LogP contribution is 2.16. The van der Waals surface area contributed by atoms with Crippen molar-refractivity contribution < 1.29 is 4.79 Å². The lowest BCUT2D eigenvalue weighted by atomic mass is 10.1. The molecule has 1 aliphatic rings. The first-order valence-corrected chi connectivity index (χ1v) is 4.68. The Hall–Kier alpha value is -1.52. The fraction of sp³-hybridized carbons (Fsp3) is 0.556. The van der Waals surface area contributed by atoms with Gasteiger partial charge in [-0.15, -0.1) is 0 Å². The number of hydrogen-bond acceptors (Lipinski definition) is 2. The van der Waals surface area contributed by atoms with Crippen molar-refractivity contribution in [1.29, 1.82) is 0 Å². The molecule has 0 saturated heterocycles. The number of fused-ring (bicyclic) bond motifs is 1. The van der Waals surface area contributed by atoms with E-state index in [0.717, 1.165) is 24.4 Å². The average molecular weight is 194 g/mol. The number of carbonyl (C=O) groups is 1. The van der Waals surface area contributed by atoms with Crippen LogP contribution in [-0.4, -0.2) is 34.1 Å². The van der Waals surface area contributed by atoms with Crippen LogP contribution in [0.4, 0.5) is 4.79 Å². The van der Waals surface area contributed by atoms with Gasteiger partial charge in [0, 0.05) is 27.1 Å². The summed E-state index contributed by atoms with van der Waals surface area (Å²) in [5.74, 6) is 0. The highest BCUT2D eigenvalue weighted by Gasteiger charge is 2.22. The fourth-order valence-electron chi connectivity index (χ4n) is 1.75. The highest BCUT2D eigenvalue weighted by atomic mass is 16.2. The van der Waals surface area contributed by atoms with Crippen molar-refractivity contribution in [2.45, 2.75) is 13.0 Å². The van der Waals surface area contributed by atoms with Crippen LogP contribution in [0.3, 0.4) is 0 Å². The molecule has 5 heteroatoms. The van der Waals surface area contributed by atoms with Crippen LogP contribution in [0.1, 0.15) is 11.4 Å². The normalized spacial score (nSPS) is 15.1. The van der Waals surface area contributed by atoms with E-state index in [1.54, 1.807) is 18.3 Å². The van der Waals surface area contributed by atoms with Crippen molar-refractivity contribution in [2.75, 3.05) is 13.6 Å². The number of rotatable bonds is 0. The minimum atomic E-state index is -0.0168. The molecule has 76 valence electrons. The van der Waals surface area contributed by atoms with E-state index in [1.165, 1.54) is 0 Å².